The van der Waals surface area contributed by atoms with E-state index in [0.29, 0.717) is 12.0 Å². The first-order valence-corrected chi connectivity index (χ1v) is 16.2. The molecule has 2 bridgehead atoms. The van der Waals surface area contributed by atoms with Crippen LogP contribution in [0.25, 0.3) is 0 Å². The Kier molecular flexibility index (Phi) is 15.9. The van der Waals surface area contributed by atoms with Gasteiger partial charge in [0.05, 0.1) is 25.0 Å². The van der Waals surface area contributed by atoms with E-state index in [1.807, 2.05) is 6.92 Å². The number of hydrogen-bond donors (Lipinski definition) is 1. The average molecular weight is 688 g/mol. The predicted octanol–water partition coefficient (Wildman–Crippen LogP) is 3.59. The van der Waals surface area contributed by atoms with Crippen molar-refractivity contribution < 1.29 is 57.2 Å². The van der Waals surface area contributed by atoms with Crippen LogP contribution in [0.1, 0.15) is 80.1 Å². The minimum atomic E-state index is -0.954. The van der Waals surface area contributed by atoms with Crippen molar-refractivity contribution in [3.05, 3.63) is 46.4 Å². The molecule has 270 valence electrons. The fourth-order valence-corrected chi connectivity index (χ4v) is 5.91. The Labute approximate surface area is 287 Å². The molecule has 6 atom stereocenters. The number of methoxy groups -OCH3 is 3. The van der Waals surface area contributed by atoms with Crippen LogP contribution < -0.4 is 5.32 Å². The average Bonchev–Trinajstić information content (AvgIpc) is 3.01. The third-order valence-corrected chi connectivity index (χ3v) is 8.31. The summed E-state index contributed by atoms with van der Waals surface area (Å²) in [5.74, 6) is -5.03. The molecule has 1 heterocycles. The van der Waals surface area contributed by atoms with Gasteiger partial charge in [-0.2, -0.15) is 0 Å². The second-order valence-electron chi connectivity index (χ2n) is 12.7. The second kappa shape index (κ2) is 19.1. The molecule has 0 aromatic heterocycles. The molecule has 0 aromatic rings. The maximum Gasteiger partial charge on any atom is 0.313 e. The van der Waals surface area contributed by atoms with Crippen LogP contribution in [-0.4, -0.2) is 86.7 Å². The number of allylic oxidation sites excluding steroid dienone is 3. The largest absolute Gasteiger partial charge is 0.492 e. The topological polar surface area (TPSA) is 178 Å². The smallest absolute Gasteiger partial charge is 0.313 e. The van der Waals surface area contributed by atoms with Gasteiger partial charge in [0.15, 0.2) is 5.76 Å². The molecular weight excluding hydrogens is 638 g/mol. The van der Waals surface area contributed by atoms with E-state index in [2.05, 4.69) is 5.32 Å². The summed E-state index contributed by atoms with van der Waals surface area (Å²) < 4.78 is 28.5. The number of amides is 1. The number of ketones is 4. The number of fused-ring (bicyclic) bond motifs is 2. The highest BCUT2D eigenvalue weighted by Crippen LogP contribution is 2.31. The summed E-state index contributed by atoms with van der Waals surface area (Å²) in [6.07, 6.45) is 1.03. The van der Waals surface area contributed by atoms with Gasteiger partial charge in [0.2, 0.25) is 11.6 Å². The summed E-state index contributed by atoms with van der Waals surface area (Å²) in [5, 5.41) is 2.55. The first-order valence-electron chi connectivity index (χ1n) is 16.2. The fourth-order valence-electron chi connectivity index (χ4n) is 5.91. The van der Waals surface area contributed by atoms with Crippen molar-refractivity contribution >= 4 is 41.0 Å². The zero-order valence-electron chi connectivity index (χ0n) is 29.8. The van der Waals surface area contributed by atoms with Gasteiger partial charge >= 0.3 is 11.9 Å². The minimum absolute atomic E-state index is 0.0662. The maximum absolute atomic E-state index is 13.6. The van der Waals surface area contributed by atoms with E-state index in [-0.39, 0.29) is 59.3 Å². The van der Waals surface area contributed by atoms with E-state index >= 15 is 0 Å². The lowest BCUT2D eigenvalue weighted by Gasteiger charge is -2.33. The van der Waals surface area contributed by atoms with E-state index < -0.39 is 72.6 Å². The van der Waals surface area contributed by atoms with Crippen molar-refractivity contribution in [2.45, 2.75) is 104 Å². The van der Waals surface area contributed by atoms with Gasteiger partial charge in [0, 0.05) is 37.4 Å². The monoisotopic (exact) mass is 687 g/mol. The van der Waals surface area contributed by atoms with E-state index in [4.69, 9.17) is 23.7 Å². The molecule has 2 rings (SSSR count). The molecule has 0 radical (unpaired) electrons. The number of hydrogen-bond acceptors (Lipinski definition) is 12. The third kappa shape index (κ3) is 12.0. The normalized spacial score (nSPS) is 28.3. The Bertz CT molecular complexity index is 1430. The highest BCUT2D eigenvalue weighted by atomic mass is 16.6. The predicted molar refractivity (Wildman–Crippen MR) is 177 cm³/mol. The van der Waals surface area contributed by atoms with Gasteiger partial charge in [0.1, 0.15) is 36.6 Å². The molecule has 6 unspecified atom stereocenters. The fraction of sp³-hybridized carbons (Fsp3) is 0.583. The standard InChI is InChI=1S/C36H49NO12/c1-19-13-25-32(43)26(18-27(40)35(25)47-9)37-36(44)20(2)11-10-12-28(45-7)33(48-30(41)16-23(5)38)21(3)15-22(4)34(29(14-19)46-8)49-31(42)17-24(6)39/h11,15,18-19,22,28-29,33-34H,10,12-14,16-17H2,1-9H3,(H,37,44)/b20-11+,21-15+. The van der Waals surface area contributed by atoms with E-state index in [1.54, 1.807) is 32.9 Å². The zero-order chi connectivity index (χ0) is 37.0. The SMILES string of the molecule is COC1=C2CC(C)CC(OC)C(OC(=O)CC(C)=O)C(C)/C=C(\C)C(OC(=O)CC(C)=O)C(OC)CC/C=C(\C)C(=O)NC(=CC1=O)C2=O. The van der Waals surface area contributed by atoms with E-state index in [0.717, 1.165) is 6.08 Å². The van der Waals surface area contributed by atoms with Gasteiger partial charge in [0.25, 0.3) is 5.91 Å². The Hall–Kier alpha value is -4.23. The van der Waals surface area contributed by atoms with Crippen LogP contribution in [0, 0.1) is 11.8 Å². The maximum atomic E-state index is 13.6. The highest BCUT2D eigenvalue weighted by Gasteiger charge is 2.36. The van der Waals surface area contributed by atoms with Gasteiger partial charge < -0.3 is 29.0 Å². The molecule has 0 spiro atoms. The quantitative estimate of drug-likeness (QED) is 0.162. The van der Waals surface area contributed by atoms with Crippen LogP contribution in [-0.2, 0) is 57.2 Å². The van der Waals surface area contributed by atoms with Crippen LogP contribution in [0.4, 0.5) is 0 Å². The van der Waals surface area contributed by atoms with Crippen LogP contribution >= 0.6 is 0 Å². The molecule has 13 heteroatoms. The lowest BCUT2D eigenvalue weighted by atomic mass is 9.85. The van der Waals surface area contributed by atoms with Crippen LogP contribution in [0.15, 0.2) is 46.4 Å². The van der Waals surface area contributed by atoms with Crippen molar-refractivity contribution in [2.75, 3.05) is 21.3 Å². The number of esters is 2. The Morgan fingerprint density at radius 1 is 0.878 bits per heavy atom. The Balaban J connectivity index is 2.70. The highest BCUT2D eigenvalue weighted by molar-refractivity contribution is 6.23. The molecule has 0 saturated heterocycles. The molecule has 2 aliphatic rings. The lowest BCUT2D eigenvalue weighted by Crippen LogP contribution is -2.40. The molecule has 1 aliphatic heterocycles. The summed E-state index contributed by atoms with van der Waals surface area (Å²) in [5.41, 5.74) is 0.709. The summed E-state index contributed by atoms with van der Waals surface area (Å²) in [6.45, 7) is 9.43. The zero-order valence-corrected chi connectivity index (χ0v) is 29.8. The second-order valence-corrected chi connectivity index (χ2v) is 12.7. The number of carbonyl (C=O) groups is 7. The summed E-state index contributed by atoms with van der Waals surface area (Å²) in [4.78, 5) is 88.6. The molecule has 0 aromatic carbocycles. The molecule has 1 N–H and O–H groups in total. The van der Waals surface area contributed by atoms with E-state index in [1.165, 1.54) is 35.2 Å². The van der Waals surface area contributed by atoms with E-state index in [9.17, 15) is 33.6 Å². The number of rotatable bonds is 9. The molecule has 0 fully saturated rings. The molecule has 13 nitrogen and oxygen atoms in total. The molecule has 0 saturated carbocycles. The minimum Gasteiger partial charge on any atom is -0.492 e. The molecular formula is C36H49NO12. The van der Waals surface area contributed by atoms with Gasteiger partial charge in [-0.25, -0.2) is 0 Å². The molecule has 49 heavy (non-hydrogen) atoms. The summed E-state index contributed by atoms with van der Waals surface area (Å²) >= 11 is 0. The van der Waals surface area contributed by atoms with Gasteiger partial charge in [-0.1, -0.05) is 26.0 Å². The first-order chi connectivity index (χ1) is 23.0. The van der Waals surface area contributed by atoms with Crippen molar-refractivity contribution in [3.8, 4) is 0 Å². The number of ether oxygens (including phenoxy) is 5. The molecule has 1 aliphatic carbocycles. The molecule has 1 amide bonds. The Morgan fingerprint density at radius 2 is 1.47 bits per heavy atom. The summed E-state index contributed by atoms with van der Waals surface area (Å²) in [6, 6.07) is 0. The van der Waals surface area contributed by atoms with Crippen molar-refractivity contribution in [2.24, 2.45) is 11.8 Å². The van der Waals surface area contributed by atoms with Crippen molar-refractivity contribution in [3.63, 3.8) is 0 Å². The first kappa shape index (κ1) is 40.9. The van der Waals surface area contributed by atoms with Crippen LogP contribution in [0.5, 0.6) is 0 Å². The number of nitrogens with one attached hydrogen (secondary N) is 1. The number of Topliss-reactive ketones (excluding diaryl/α,β-unsaturated/α-hetero) is 3. The van der Waals surface area contributed by atoms with Crippen molar-refractivity contribution in [1.82, 2.24) is 5.32 Å². The summed E-state index contributed by atoms with van der Waals surface area (Å²) in [7, 11) is 4.17. The number of carbonyl (C=O) groups excluding carboxylic acids is 7. The lowest BCUT2D eigenvalue weighted by molar-refractivity contribution is -0.161. The van der Waals surface area contributed by atoms with Gasteiger partial charge in [-0.3, -0.25) is 33.6 Å². The third-order valence-electron chi connectivity index (χ3n) is 8.31. The van der Waals surface area contributed by atoms with Gasteiger partial charge in [-0.05, 0) is 64.9 Å². The van der Waals surface area contributed by atoms with Crippen LogP contribution in [0.2, 0.25) is 0 Å². The van der Waals surface area contributed by atoms with Gasteiger partial charge in [-0.15, -0.1) is 0 Å². The van der Waals surface area contributed by atoms with Crippen molar-refractivity contribution in [1.29, 1.82) is 0 Å². The van der Waals surface area contributed by atoms with Crippen LogP contribution in [0.3, 0.4) is 0 Å². The Morgan fingerprint density at radius 3 is 2.02 bits per heavy atom.